The largest absolute Gasteiger partial charge is 0.461 e. The molecule has 1 aliphatic heterocycles. The van der Waals surface area contributed by atoms with Gasteiger partial charge in [-0.1, -0.05) is 54.7 Å². The maximum Gasteiger partial charge on any atom is 0.306 e. The van der Waals surface area contributed by atoms with Crippen molar-refractivity contribution in [2.45, 2.75) is 57.5 Å². The number of cyclic esters (lactones) is 1. The van der Waals surface area contributed by atoms with Gasteiger partial charge in [0.2, 0.25) is 0 Å². The number of alkyl halides is 1. The predicted octanol–water partition coefficient (Wildman–Crippen LogP) is 3.47. The van der Waals surface area contributed by atoms with E-state index in [0.29, 0.717) is 6.42 Å². The summed E-state index contributed by atoms with van der Waals surface area (Å²) < 4.78 is 6.42. The van der Waals surface area contributed by atoms with Crippen LogP contribution in [0, 0.1) is 5.41 Å². The lowest BCUT2D eigenvalue weighted by Crippen LogP contribution is -2.32. The summed E-state index contributed by atoms with van der Waals surface area (Å²) in [4.78, 5) is 11.5. The second-order valence-corrected chi connectivity index (χ2v) is 5.82. The normalized spacial score (nSPS) is 31.0. The van der Waals surface area contributed by atoms with E-state index in [9.17, 15) is 4.79 Å². The second kappa shape index (κ2) is 5.02. The Labute approximate surface area is 105 Å². The molecular formula is C12H19IO2. The third kappa shape index (κ3) is 2.48. The highest BCUT2D eigenvalue weighted by atomic mass is 127. The Bertz CT molecular complexity index is 232. The topological polar surface area (TPSA) is 26.3 Å². The molecule has 0 aromatic carbocycles. The van der Waals surface area contributed by atoms with Crippen molar-refractivity contribution in [3.63, 3.8) is 0 Å². The van der Waals surface area contributed by atoms with Gasteiger partial charge in [-0.15, -0.1) is 0 Å². The van der Waals surface area contributed by atoms with Crippen molar-refractivity contribution >= 4 is 28.6 Å². The summed E-state index contributed by atoms with van der Waals surface area (Å²) in [5.74, 6) is 0.0391. The van der Waals surface area contributed by atoms with E-state index in [4.69, 9.17) is 4.74 Å². The van der Waals surface area contributed by atoms with Crippen molar-refractivity contribution in [1.29, 1.82) is 0 Å². The van der Waals surface area contributed by atoms with Crippen LogP contribution in [-0.4, -0.2) is 16.5 Å². The lowest BCUT2D eigenvalue weighted by molar-refractivity contribution is -0.140. The van der Waals surface area contributed by atoms with Crippen molar-refractivity contribution in [3.05, 3.63) is 0 Å². The van der Waals surface area contributed by atoms with Crippen LogP contribution >= 0.6 is 22.6 Å². The molecule has 1 atom stereocenters. The van der Waals surface area contributed by atoms with Gasteiger partial charge in [0.15, 0.2) is 0 Å². The van der Waals surface area contributed by atoms with E-state index >= 15 is 0 Å². The molecular weight excluding hydrogens is 303 g/mol. The molecule has 2 rings (SSSR count). The van der Waals surface area contributed by atoms with E-state index in [1.165, 1.54) is 44.9 Å². The number of esters is 1. The summed E-state index contributed by atoms with van der Waals surface area (Å²) >= 11 is 2.36. The first kappa shape index (κ1) is 11.7. The van der Waals surface area contributed by atoms with Crippen LogP contribution in [0.5, 0.6) is 0 Å². The van der Waals surface area contributed by atoms with Crippen molar-refractivity contribution in [2.24, 2.45) is 5.41 Å². The lowest BCUT2D eigenvalue weighted by atomic mass is 9.72. The van der Waals surface area contributed by atoms with Gasteiger partial charge in [0.25, 0.3) is 0 Å². The van der Waals surface area contributed by atoms with Crippen LogP contribution in [0.4, 0.5) is 0 Å². The van der Waals surface area contributed by atoms with Crippen molar-refractivity contribution < 1.29 is 9.53 Å². The smallest absolute Gasteiger partial charge is 0.306 e. The first-order valence-electron chi connectivity index (χ1n) is 6.02. The summed E-state index contributed by atoms with van der Waals surface area (Å²) in [6.45, 7) is 0. The first-order chi connectivity index (χ1) is 7.27. The fourth-order valence-corrected chi connectivity index (χ4v) is 4.14. The molecule has 1 saturated carbocycles. The molecule has 1 unspecified atom stereocenters. The summed E-state index contributed by atoms with van der Waals surface area (Å²) in [5, 5.41) is 0. The Kier molecular flexibility index (Phi) is 3.91. The summed E-state index contributed by atoms with van der Waals surface area (Å²) in [6, 6.07) is 0. The SMILES string of the molecule is O=C1CC2(CCCCCCC2)C(CI)O1. The van der Waals surface area contributed by atoms with Crippen LogP contribution in [-0.2, 0) is 9.53 Å². The number of halogens is 1. The van der Waals surface area contributed by atoms with E-state index in [1.807, 2.05) is 0 Å². The molecule has 0 amide bonds. The van der Waals surface area contributed by atoms with Crippen LogP contribution in [0.2, 0.25) is 0 Å². The molecule has 86 valence electrons. The minimum absolute atomic E-state index is 0.0391. The van der Waals surface area contributed by atoms with E-state index in [-0.39, 0.29) is 17.5 Å². The molecule has 15 heavy (non-hydrogen) atoms. The van der Waals surface area contributed by atoms with E-state index < -0.39 is 0 Å². The molecule has 0 radical (unpaired) electrons. The summed E-state index contributed by atoms with van der Waals surface area (Å²) in [5.41, 5.74) is 0.207. The Morgan fingerprint density at radius 3 is 2.40 bits per heavy atom. The fourth-order valence-electron chi connectivity index (χ4n) is 3.03. The number of rotatable bonds is 1. The quantitative estimate of drug-likeness (QED) is 0.420. The molecule has 0 aromatic rings. The van der Waals surface area contributed by atoms with Gasteiger partial charge in [-0.3, -0.25) is 4.79 Å². The van der Waals surface area contributed by atoms with Crippen molar-refractivity contribution in [1.82, 2.24) is 0 Å². The van der Waals surface area contributed by atoms with Gasteiger partial charge < -0.3 is 4.74 Å². The molecule has 3 heteroatoms. The number of hydrogen-bond donors (Lipinski definition) is 0. The third-order valence-electron chi connectivity index (χ3n) is 3.94. The molecule has 2 nitrogen and oxygen atoms in total. The molecule has 0 bridgehead atoms. The minimum atomic E-state index is 0.0391. The van der Waals surface area contributed by atoms with E-state index in [1.54, 1.807) is 0 Å². The highest BCUT2D eigenvalue weighted by molar-refractivity contribution is 14.1. The second-order valence-electron chi connectivity index (χ2n) is 4.94. The average molecular weight is 322 g/mol. The Hall–Kier alpha value is 0.200. The van der Waals surface area contributed by atoms with Crippen molar-refractivity contribution in [2.75, 3.05) is 4.43 Å². The Balaban J connectivity index is 2.09. The summed E-state index contributed by atoms with van der Waals surface area (Å²) in [6.07, 6.45) is 9.89. The van der Waals surface area contributed by atoms with Gasteiger partial charge in [-0.2, -0.15) is 0 Å². The van der Waals surface area contributed by atoms with Crippen LogP contribution < -0.4 is 0 Å². The van der Waals surface area contributed by atoms with Gasteiger partial charge in [-0.25, -0.2) is 0 Å². The van der Waals surface area contributed by atoms with Crippen molar-refractivity contribution in [3.8, 4) is 0 Å². The molecule has 2 aliphatic rings. The van der Waals surface area contributed by atoms with E-state index in [0.717, 1.165) is 4.43 Å². The lowest BCUT2D eigenvalue weighted by Gasteiger charge is -2.33. The molecule has 2 fully saturated rings. The van der Waals surface area contributed by atoms with Gasteiger partial charge in [0.1, 0.15) is 6.10 Å². The highest BCUT2D eigenvalue weighted by Crippen LogP contribution is 2.46. The molecule has 1 heterocycles. The van der Waals surface area contributed by atoms with Crippen LogP contribution in [0.25, 0.3) is 0 Å². The molecule has 1 spiro atoms. The highest BCUT2D eigenvalue weighted by Gasteiger charge is 2.47. The number of carbonyl (C=O) groups excluding carboxylic acids is 1. The number of carbonyl (C=O) groups is 1. The van der Waals surface area contributed by atoms with Gasteiger partial charge in [-0.05, 0) is 12.8 Å². The zero-order valence-electron chi connectivity index (χ0n) is 9.14. The third-order valence-corrected chi connectivity index (χ3v) is 4.74. The standard InChI is InChI=1S/C12H19IO2/c13-9-10-12(8-11(14)15-10)6-4-2-1-3-5-7-12/h10H,1-9H2. The Morgan fingerprint density at radius 1 is 1.20 bits per heavy atom. The average Bonchev–Trinajstić information content (AvgIpc) is 2.50. The summed E-state index contributed by atoms with van der Waals surface area (Å²) in [7, 11) is 0. The zero-order valence-corrected chi connectivity index (χ0v) is 11.3. The first-order valence-corrected chi connectivity index (χ1v) is 7.55. The van der Waals surface area contributed by atoms with Crippen LogP contribution in [0.15, 0.2) is 0 Å². The van der Waals surface area contributed by atoms with Crippen LogP contribution in [0.1, 0.15) is 51.4 Å². The predicted molar refractivity (Wildman–Crippen MR) is 68.1 cm³/mol. The molecule has 1 saturated heterocycles. The molecule has 0 N–H and O–H groups in total. The monoisotopic (exact) mass is 322 g/mol. The Morgan fingerprint density at radius 2 is 1.80 bits per heavy atom. The number of hydrogen-bond acceptors (Lipinski definition) is 2. The molecule has 0 aromatic heterocycles. The van der Waals surface area contributed by atoms with Crippen LogP contribution in [0.3, 0.4) is 0 Å². The van der Waals surface area contributed by atoms with E-state index in [2.05, 4.69) is 22.6 Å². The fraction of sp³-hybridized carbons (Fsp3) is 0.917. The zero-order chi connectivity index (χ0) is 10.7. The number of ether oxygens (including phenoxy) is 1. The maximum atomic E-state index is 11.5. The maximum absolute atomic E-state index is 11.5. The minimum Gasteiger partial charge on any atom is -0.461 e. The molecule has 1 aliphatic carbocycles. The van der Waals surface area contributed by atoms with Gasteiger partial charge >= 0.3 is 5.97 Å². The van der Waals surface area contributed by atoms with Gasteiger partial charge in [0.05, 0.1) is 6.42 Å². The van der Waals surface area contributed by atoms with Gasteiger partial charge in [0, 0.05) is 9.84 Å².